The molecule has 0 atom stereocenters. The van der Waals surface area contributed by atoms with Gasteiger partial charge in [0.25, 0.3) is 0 Å². The Kier molecular flexibility index (Phi) is 4.42. The lowest BCUT2D eigenvalue weighted by molar-refractivity contribution is -0.354. The maximum atomic E-state index is 8.52. The van der Waals surface area contributed by atoms with Gasteiger partial charge in [-0.25, -0.2) is 0 Å². The van der Waals surface area contributed by atoms with Crippen LogP contribution in [0.1, 0.15) is 0 Å². The van der Waals surface area contributed by atoms with Crippen molar-refractivity contribution in [2.75, 3.05) is 0 Å². The Bertz CT molecular complexity index is 126. The summed E-state index contributed by atoms with van der Waals surface area (Å²) in [5.41, 5.74) is 0. The smallest absolute Gasteiger partial charge is 0.0902 e. The maximum absolute atomic E-state index is 8.52. The van der Waals surface area contributed by atoms with Gasteiger partial charge in [0.15, 0.2) is 0 Å². The zero-order valence-electron chi connectivity index (χ0n) is 4.44. The second-order valence-electron chi connectivity index (χ2n) is 1.04. The van der Waals surface area contributed by atoms with E-state index in [2.05, 4.69) is 4.42 Å². The minimum atomic E-state index is -3.63. The Balaban J connectivity index is 0.000000148. The van der Waals surface area contributed by atoms with Crippen LogP contribution >= 0.6 is 0 Å². The molecular formula is C4H4O4Si-2. The third-order valence-electron chi connectivity index (χ3n) is 0.425. The Morgan fingerprint density at radius 2 is 1.56 bits per heavy atom. The first kappa shape index (κ1) is 7.90. The Morgan fingerprint density at radius 3 is 1.67 bits per heavy atom. The van der Waals surface area contributed by atoms with Gasteiger partial charge in [-0.1, -0.05) is 0 Å². The van der Waals surface area contributed by atoms with E-state index in [1.54, 1.807) is 12.5 Å². The van der Waals surface area contributed by atoms with E-state index in [0.29, 0.717) is 0 Å². The minimum absolute atomic E-state index is 1.62. The minimum Gasteiger partial charge on any atom is -0.672 e. The van der Waals surface area contributed by atoms with E-state index in [9.17, 15) is 0 Å². The molecule has 9 heavy (non-hydrogen) atoms. The predicted molar refractivity (Wildman–Crippen MR) is 25.1 cm³/mol. The van der Waals surface area contributed by atoms with Crippen LogP contribution in [0.2, 0.25) is 0 Å². The van der Waals surface area contributed by atoms with E-state index in [0.717, 1.165) is 0 Å². The van der Waals surface area contributed by atoms with Crippen molar-refractivity contribution in [2.45, 2.75) is 0 Å². The summed E-state index contributed by atoms with van der Waals surface area (Å²) in [6.07, 6.45) is 3.25. The standard InChI is InChI=1S/C4H4O.O3Si/c1-2-4-5-3-1;1-4(2)3/h1-4H;/q;-2. The normalized spacial score (nSPS) is 7.11. The molecule has 5 heteroatoms. The van der Waals surface area contributed by atoms with E-state index < -0.39 is 9.17 Å². The second kappa shape index (κ2) is 5.04. The van der Waals surface area contributed by atoms with E-state index >= 15 is 0 Å². The zero-order chi connectivity index (χ0) is 7.11. The topological polar surface area (TPSA) is 76.3 Å². The van der Waals surface area contributed by atoms with Crippen molar-refractivity contribution in [3.8, 4) is 0 Å². The quantitative estimate of drug-likeness (QED) is 0.411. The number of hydrogen-bond donors (Lipinski definition) is 0. The predicted octanol–water partition coefficient (Wildman–Crippen LogP) is -1.60. The first-order valence-electron chi connectivity index (χ1n) is 2.08. The lowest BCUT2D eigenvalue weighted by Gasteiger charge is -1.94. The average Bonchev–Trinajstić information content (AvgIpc) is 2.11. The van der Waals surface area contributed by atoms with Crippen molar-refractivity contribution >= 4 is 9.17 Å². The molecule has 0 saturated carbocycles. The maximum Gasteiger partial charge on any atom is 0.0902 e. The highest BCUT2D eigenvalue weighted by atomic mass is 28.3. The van der Waals surface area contributed by atoms with Crippen LogP contribution in [0.3, 0.4) is 0 Å². The van der Waals surface area contributed by atoms with Gasteiger partial charge in [-0.15, -0.1) is 0 Å². The zero-order valence-corrected chi connectivity index (χ0v) is 5.44. The van der Waals surface area contributed by atoms with Gasteiger partial charge in [-0.05, 0) is 12.1 Å². The first-order valence-corrected chi connectivity index (χ1v) is 3.31. The summed E-state index contributed by atoms with van der Waals surface area (Å²) in [5, 5.41) is 0. The fourth-order valence-electron chi connectivity index (χ4n) is 0.227. The van der Waals surface area contributed by atoms with Gasteiger partial charge in [0.2, 0.25) is 0 Å². The molecule has 0 amide bonds. The third kappa shape index (κ3) is 10.9. The lowest BCUT2D eigenvalue weighted by Crippen LogP contribution is -2.34. The van der Waals surface area contributed by atoms with Crippen molar-refractivity contribution in [3.63, 3.8) is 0 Å². The Labute approximate surface area is 53.3 Å². The van der Waals surface area contributed by atoms with Gasteiger partial charge >= 0.3 is 0 Å². The van der Waals surface area contributed by atoms with Crippen molar-refractivity contribution in [1.29, 1.82) is 0 Å². The van der Waals surface area contributed by atoms with E-state index in [4.69, 9.17) is 14.1 Å². The van der Waals surface area contributed by atoms with E-state index in [-0.39, 0.29) is 0 Å². The summed E-state index contributed by atoms with van der Waals surface area (Å²) in [6.45, 7) is 0. The lowest BCUT2D eigenvalue weighted by atomic mass is 10.7. The van der Waals surface area contributed by atoms with Crippen LogP contribution in [-0.4, -0.2) is 9.17 Å². The molecule has 0 saturated heterocycles. The molecule has 0 aliphatic heterocycles. The largest absolute Gasteiger partial charge is 0.672 e. The van der Waals surface area contributed by atoms with Crippen LogP contribution in [0.15, 0.2) is 29.1 Å². The molecular weight excluding hydrogens is 140 g/mol. The van der Waals surface area contributed by atoms with Crippen LogP contribution in [0.4, 0.5) is 0 Å². The molecule has 0 aliphatic rings. The number of hydrogen-bond acceptors (Lipinski definition) is 4. The molecule has 0 aliphatic carbocycles. The number of furan rings is 1. The van der Waals surface area contributed by atoms with E-state index in [1.807, 2.05) is 12.1 Å². The Hall–Kier alpha value is -1.10. The molecule has 0 bridgehead atoms. The van der Waals surface area contributed by atoms with Gasteiger partial charge in [0.1, 0.15) is 0 Å². The highest BCUT2D eigenvalue weighted by molar-refractivity contribution is 6.17. The molecule has 4 nitrogen and oxygen atoms in total. The molecule has 1 heterocycles. The van der Waals surface area contributed by atoms with Crippen molar-refractivity contribution in [2.24, 2.45) is 0 Å². The van der Waals surface area contributed by atoms with Gasteiger partial charge < -0.3 is 18.5 Å². The van der Waals surface area contributed by atoms with E-state index in [1.165, 1.54) is 0 Å². The van der Waals surface area contributed by atoms with Crippen molar-refractivity contribution < 1.29 is 18.5 Å². The highest BCUT2D eigenvalue weighted by Gasteiger charge is 1.58. The van der Waals surface area contributed by atoms with Crippen molar-refractivity contribution in [1.82, 2.24) is 0 Å². The van der Waals surface area contributed by atoms with Crippen LogP contribution < -0.4 is 9.59 Å². The number of rotatable bonds is 0. The van der Waals surface area contributed by atoms with Crippen molar-refractivity contribution in [3.05, 3.63) is 24.7 Å². The summed E-state index contributed by atoms with van der Waals surface area (Å²) in [6, 6.07) is 3.67. The fourth-order valence-corrected chi connectivity index (χ4v) is 0.227. The summed E-state index contributed by atoms with van der Waals surface area (Å²) < 4.78 is 13.1. The van der Waals surface area contributed by atoms with Gasteiger partial charge in [-0.3, -0.25) is 0 Å². The molecule has 0 N–H and O–H groups in total. The first-order chi connectivity index (χ1) is 4.23. The molecule has 1 aromatic rings. The third-order valence-corrected chi connectivity index (χ3v) is 0.425. The van der Waals surface area contributed by atoms with Crippen LogP contribution in [0, 0.1) is 0 Å². The average molecular weight is 144 g/mol. The van der Waals surface area contributed by atoms with Crippen LogP contribution in [0.25, 0.3) is 0 Å². The second-order valence-corrected chi connectivity index (χ2v) is 1.54. The summed E-state index contributed by atoms with van der Waals surface area (Å²) in [5.74, 6) is 0. The monoisotopic (exact) mass is 144 g/mol. The summed E-state index contributed by atoms with van der Waals surface area (Å²) in [4.78, 5) is 17.0. The van der Waals surface area contributed by atoms with Crippen LogP contribution in [-0.2, 0) is 4.46 Å². The molecule has 0 unspecified atom stereocenters. The summed E-state index contributed by atoms with van der Waals surface area (Å²) in [7, 11) is -3.63. The Morgan fingerprint density at radius 1 is 1.22 bits per heavy atom. The fraction of sp³-hybridized carbons (Fsp3) is 0. The van der Waals surface area contributed by atoms with Crippen LogP contribution in [0.5, 0.6) is 0 Å². The molecule has 1 rings (SSSR count). The highest BCUT2D eigenvalue weighted by Crippen LogP contribution is 1.79. The summed E-state index contributed by atoms with van der Waals surface area (Å²) >= 11 is 0. The molecule has 0 radical (unpaired) electrons. The molecule has 0 fully saturated rings. The molecule has 0 spiro atoms. The molecule has 0 aromatic carbocycles. The van der Waals surface area contributed by atoms with Gasteiger partial charge in [-0.2, -0.15) is 0 Å². The molecule has 50 valence electrons. The SMILES string of the molecule is O=[Si]([O-])[O-].c1ccoc1. The van der Waals surface area contributed by atoms with Gasteiger partial charge in [0.05, 0.1) is 12.5 Å². The van der Waals surface area contributed by atoms with Gasteiger partial charge in [0, 0.05) is 9.17 Å². The molecule has 1 aromatic heterocycles.